The maximum atomic E-state index is 13.9. The molecule has 16 heavy (non-hydrogen) atoms. The lowest BCUT2D eigenvalue weighted by molar-refractivity contribution is 0.557. The van der Waals surface area contributed by atoms with Crippen LogP contribution in [0.2, 0.25) is 0 Å². The third-order valence-electron chi connectivity index (χ3n) is 3.19. The SMILES string of the molecule is Fc1cnc2[nH]ccc2c1N1CCCCC1. The molecule has 0 spiro atoms. The van der Waals surface area contributed by atoms with Gasteiger partial charge in [0.25, 0.3) is 0 Å². The van der Waals surface area contributed by atoms with E-state index >= 15 is 0 Å². The minimum Gasteiger partial charge on any atom is -0.369 e. The van der Waals surface area contributed by atoms with Crippen LogP contribution in [-0.4, -0.2) is 23.1 Å². The lowest BCUT2D eigenvalue weighted by Gasteiger charge is -2.29. The van der Waals surface area contributed by atoms with Crippen LogP contribution in [0.5, 0.6) is 0 Å². The number of aromatic nitrogens is 2. The summed E-state index contributed by atoms with van der Waals surface area (Å²) in [5.74, 6) is -0.214. The van der Waals surface area contributed by atoms with Gasteiger partial charge in [0.2, 0.25) is 0 Å². The quantitative estimate of drug-likeness (QED) is 0.799. The van der Waals surface area contributed by atoms with Crippen LogP contribution in [0, 0.1) is 5.82 Å². The molecule has 3 nitrogen and oxygen atoms in total. The van der Waals surface area contributed by atoms with Crippen molar-refractivity contribution in [2.75, 3.05) is 18.0 Å². The van der Waals surface area contributed by atoms with Gasteiger partial charge < -0.3 is 9.88 Å². The van der Waals surface area contributed by atoms with E-state index in [2.05, 4.69) is 14.9 Å². The standard InChI is InChI=1S/C12H14FN3/c13-10-8-15-12-9(4-5-14-12)11(10)16-6-2-1-3-7-16/h4-5,8H,1-3,6-7H2,(H,14,15). The Kier molecular flexibility index (Phi) is 2.27. The molecule has 3 rings (SSSR count). The second kappa shape index (κ2) is 3.77. The molecule has 1 aliphatic heterocycles. The number of nitrogens with zero attached hydrogens (tertiary/aromatic N) is 2. The van der Waals surface area contributed by atoms with E-state index < -0.39 is 0 Å². The summed E-state index contributed by atoms with van der Waals surface area (Å²) < 4.78 is 13.9. The number of piperidine rings is 1. The molecule has 0 saturated carbocycles. The van der Waals surface area contributed by atoms with Gasteiger partial charge in [-0.05, 0) is 25.3 Å². The Balaban J connectivity index is 2.12. The zero-order valence-corrected chi connectivity index (χ0v) is 9.04. The van der Waals surface area contributed by atoms with Crippen LogP contribution in [0.25, 0.3) is 11.0 Å². The Hall–Kier alpha value is -1.58. The number of fused-ring (bicyclic) bond motifs is 1. The second-order valence-electron chi connectivity index (χ2n) is 4.24. The average molecular weight is 219 g/mol. The Morgan fingerprint density at radius 2 is 2.06 bits per heavy atom. The molecule has 0 amide bonds. The third-order valence-corrected chi connectivity index (χ3v) is 3.19. The number of H-pyrrole nitrogens is 1. The fourth-order valence-electron chi connectivity index (χ4n) is 2.41. The van der Waals surface area contributed by atoms with Gasteiger partial charge >= 0.3 is 0 Å². The first kappa shape index (κ1) is 9.63. The molecule has 2 aromatic rings. The number of halogens is 1. The normalized spacial score (nSPS) is 16.9. The number of rotatable bonds is 1. The Bertz CT molecular complexity index is 500. The smallest absolute Gasteiger partial charge is 0.165 e. The zero-order chi connectivity index (χ0) is 11.0. The van der Waals surface area contributed by atoms with Gasteiger partial charge in [-0.25, -0.2) is 9.37 Å². The highest BCUT2D eigenvalue weighted by Gasteiger charge is 2.18. The van der Waals surface area contributed by atoms with Gasteiger partial charge in [0, 0.05) is 24.7 Å². The van der Waals surface area contributed by atoms with Crippen LogP contribution >= 0.6 is 0 Å². The second-order valence-corrected chi connectivity index (χ2v) is 4.24. The summed E-state index contributed by atoms with van der Waals surface area (Å²) in [6, 6.07) is 1.90. The van der Waals surface area contributed by atoms with Crippen molar-refractivity contribution in [2.24, 2.45) is 0 Å². The van der Waals surface area contributed by atoms with E-state index in [0.717, 1.165) is 37.0 Å². The van der Waals surface area contributed by atoms with E-state index in [1.807, 2.05) is 12.3 Å². The van der Waals surface area contributed by atoms with Crippen LogP contribution in [-0.2, 0) is 0 Å². The zero-order valence-electron chi connectivity index (χ0n) is 9.04. The molecular formula is C12H14FN3. The van der Waals surface area contributed by atoms with Gasteiger partial charge in [-0.3, -0.25) is 0 Å². The summed E-state index contributed by atoms with van der Waals surface area (Å²) in [4.78, 5) is 9.20. The van der Waals surface area contributed by atoms with E-state index in [9.17, 15) is 4.39 Å². The highest BCUT2D eigenvalue weighted by molar-refractivity contribution is 5.90. The van der Waals surface area contributed by atoms with E-state index in [4.69, 9.17) is 0 Å². The highest BCUT2D eigenvalue weighted by Crippen LogP contribution is 2.29. The van der Waals surface area contributed by atoms with Gasteiger partial charge in [0.1, 0.15) is 5.65 Å². The molecule has 0 unspecified atom stereocenters. The van der Waals surface area contributed by atoms with Crippen molar-refractivity contribution in [1.29, 1.82) is 0 Å². The molecule has 0 aromatic carbocycles. The van der Waals surface area contributed by atoms with Gasteiger partial charge in [-0.15, -0.1) is 0 Å². The minimum absolute atomic E-state index is 0.214. The molecule has 3 heterocycles. The summed E-state index contributed by atoms with van der Waals surface area (Å²) in [6.07, 6.45) is 6.66. The lowest BCUT2D eigenvalue weighted by Crippen LogP contribution is -2.30. The molecule has 0 bridgehead atoms. The van der Waals surface area contributed by atoms with Crippen LogP contribution in [0.15, 0.2) is 18.5 Å². The summed E-state index contributed by atoms with van der Waals surface area (Å²) in [6.45, 7) is 1.89. The van der Waals surface area contributed by atoms with Gasteiger partial charge in [-0.2, -0.15) is 0 Å². The van der Waals surface area contributed by atoms with Crippen LogP contribution in [0.1, 0.15) is 19.3 Å². The number of hydrogen-bond acceptors (Lipinski definition) is 2. The fraction of sp³-hybridized carbons (Fsp3) is 0.417. The fourth-order valence-corrected chi connectivity index (χ4v) is 2.41. The predicted octanol–water partition coefficient (Wildman–Crippen LogP) is 2.69. The maximum Gasteiger partial charge on any atom is 0.165 e. The molecule has 1 fully saturated rings. The average Bonchev–Trinajstić information content (AvgIpc) is 2.78. The Morgan fingerprint density at radius 1 is 1.25 bits per heavy atom. The van der Waals surface area contributed by atoms with Crippen molar-refractivity contribution >= 4 is 16.7 Å². The topological polar surface area (TPSA) is 31.9 Å². The monoisotopic (exact) mass is 219 g/mol. The van der Waals surface area contributed by atoms with Gasteiger partial charge in [0.15, 0.2) is 5.82 Å². The Labute approximate surface area is 93.3 Å². The predicted molar refractivity (Wildman–Crippen MR) is 62.1 cm³/mol. The molecule has 0 atom stereocenters. The largest absolute Gasteiger partial charge is 0.369 e. The summed E-state index contributed by atoms with van der Waals surface area (Å²) in [5, 5.41) is 0.891. The summed E-state index contributed by atoms with van der Waals surface area (Å²) >= 11 is 0. The molecular weight excluding hydrogens is 205 g/mol. The first-order valence-corrected chi connectivity index (χ1v) is 5.73. The van der Waals surface area contributed by atoms with E-state index in [-0.39, 0.29) is 5.82 Å². The minimum atomic E-state index is -0.214. The highest BCUT2D eigenvalue weighted by atomic mass is 19.1. The molecule has 0 radical (unpaired) electrons. The number of nitrogens with one attached hydrogen (secondary N) is 1. The van der Waals surface area contributed by atoms with E-state index in [0.29, 0.717) is 5.69 Å². The third kappa shape index (κ3) is 1.45. The first-order chi connectivity index (χ1) is 7.86. The van der Waals surface area contributed by atoms with Crippen molar-refractivity contribution in [3.63, 3.8) is 0 Å². The molecule has 1 N–H and O–H groups in total. The van der Waals surface area contributed by atoms with Crippen molar-refractivity contribution in [2.45, 2.75) is 19.3 Å². The maximum absolute atomic E-state index is 13.9. The lowest BCUT2D eigenvalue weighted by atomic mass is 10.1. The van der Waals surface area contributed by atoms with Crippen LogP contribution in [0.3, 0.4) is 0 Å². The Morgan fingerprint density at radius 3 is 2.88 bits per heavy atom. The number of hydrogen-bond donors (Lipinski definition) is 1. The number of pyridine rings is 1. The van der Waals surface area contributed by atoms with Crippen molar-refractivity contribution in [3.05, 3.63) is 24.3 Å². The van der Waals surface area contributed by atoms with Crippen molar-refractivity contribution < 1.29 is 4.39 Å². The number of anilines is 1. The first-order valence-electron chi connectivity index (χ1n) is 5.73. The van der Waals surface area contributed by atoms with Gasteiger partial charge in [0.05, 0.1) is 11.9 Å². The van der Waals surface area contributed by atoms with Crippen molar-refractivity contribution in [3.8, 4) is 0 Å². The summed E-state index contributed by atoms with van der Waals surface area (Å²) in [5.41, 5.74) is 1.48. The van der Waals surface area contributed by atoms with E-state index in [1.54, 1.807) is 0 Å². The molecule has 84 valence electrons. The molecule has 2 aromatic heterocycles. The van der Waals surface area contributed by atoms with Crippen LogP contribution < -0.4 is 4.90 Å². The number of aromatic amines is 1. The van der Waals surface area contributed by atoms with E-state index in [1.165, 1.54) is 12.6 Å². The molecule has 4 heteroatoms. The molecule has 0 aliphatic carbocycles. The van der Waals surface area contributed by atoms with Gasteiger partial charge in [-0.1, -0.05) is 0 Å². The summed E-state index contributed by atoms with van der Waals surface area (Å²) in [7, 11) is 0. The molecule has 1 aliphatic rings. The molecule has 1 saturated heterocycles. The van der Waals surface area contributed by atoms with Crippen LogP contribution in [0.4, 0.5) is 10.1 Å². The van der Waals surface area contributed by atoms with Crippen molar-refractivity contribution in [1.82, 2.24) is 9.97 Å².